The molecule has 1 heteroatoms. The van der Waals surface area contributed by atoms with Crippen LogP contribution in [0.4, 0.5) is 0 Å². The average Bonchev–Trinajstić information content (AvgIpc) is 2.15. The lowest BCUT2D eigenvalue weighted by atomic mass is 9.64. The van der Waals surface area contributed by atoms with Crippen molar-refractivity contribution in [3.05, 3.63) is 22.8 Å². The fourth-order valence-corrected chi connectivity index (χ4v) is 3.38. The molecule has 0 aromatic rings. The lowest BCUT2D eigenvalue weighted by molar-refractivity contribution is -0.119. The molecule has 1 saturated carbocycles. The van der Waals surface area contributed by atoms with Gasteiger partial charge in [0.05, 0.1) is 0 Å². The molecule has 0 spiro atoms. The van der Waals surface area contributed by atoms with Crippen molar-refractivity contribution in [3.63, 3.8) is 0 Å². The summed E-state index contributed by atoms with van der Waals surface area (Å²) in [7, 11) is 0. The third-order valence-electron chi connectivity index (χ3n) is 4.21. The van der Waals surface area contributed by atoms with Crippen molar-refractivity contribution in [2.75, 3.05) is 0 Å². The lowest BCUT2D eigenvalue weighted by Crippen LogP contribution is -2.35. The van der Waals surface area contributed by atoms with Gasteiger partial charge in [-0.15, -0.1) is 0 Å². The Labute approximate surface area is 98.6 Å². The van der Waals surface area contributed by atoms with Gasteiger partial charge in [-0.1, -0.05) is 24.1 Å². The number of carbonyl (C=O) groups excluding carboxylic acids is 1. The molecule has 1 nitrogen and oxygen atoms in total. The van der Waals surface area contributed by atoms with Crippen LogP contribution in [-0.4, -0.2) is 5.78 Å². The fraction of sp³-hybridized carbons (Fsp3) is 0.667. The second-order valence-corrected chi connectivity index (χ2v) is 5.76. The van der Waals surface area contributed by atoms with E-state index >= 15 is 0 Å². The molecule has 0 amide bonds. The summed E-state index contributed by atoms with van der Waals surface area (Å²) >= 11 is 0. The van der Waals surface area contributed by atoms with E-state index in [1.807, 2.05) is 0 Å². The summed E-state index contributed by atoms with van der Waals surface area (Å²) in [5.41, 5.74) is 3.79. The quantitative estimate of drug-likeness (QED) is 0.445. The molecule has 0 bridgehead atoms. The van der Waals surface area contributed by atoms with Gasteiger partial charge in [0.1, 0.15) is 0 Å². The lowest BCUT2D eigenvalue weighted by Gasteiger charge is -2.40. The highest BCUT2D eigenvalue weighted by Gasteiger charge is 2.38. The van der Waals surface area contributed by atoms with Crippen molar-refractivity contribution in [1.29, 1.82) is 0 Å². The number of fused-ring (bicyclic) bond motifs is 1. The second-order valence-electron chi connectivity index (χ2n) is 5.76. The highest BCUT2D eigenvalue weighted by Crippen LogP contribution is 2.44. The van der Waals surface area contributed by atoms with Crippen LogP contribution in [-0.2, 0) is 4.79 Å². The third-order valence-corrected chi connectivity index (χ3v) is 4.21. The molecule has 88 valence electrons. The van der Waals surface area contributed by atoms with E-state index in [0.717, 1.165) is 12.0 Å². The molecule has 1 fully saturated rings. The number of Topliss-reactive ketones (excluding diaryl/α,β-unsaturated/α-hetero) is 1. The first-order valence-corrected chi connectivity index (χ1v) is 6.38. The van der Waals surface area contributed by atoms with Crippen molar-refractivity contribution >= 4 is 5.78 Å². The van der Waals surface area contributed by atoms with Gasteiger partial charge in [-0.05, 0) is 45.4 Å². The van der Waals surface area contributed by atoms with Crippen LogP contribution in [0.5, 0.6) is 0 Å². The summed E-state index contributed by atoms with van der Waals surface area (Å²) in [6, 6.07) is 0. The van der Waals surface area contributed by atoms with E-state index in [9.17, 15) is 4.79 Å². The smallest absolute Gasteiger partial charge is 0.159 e. The number of allylic oxidation sites excluding steroid dienone is 4. The molecule has 0 saturated heterocycles. The van der Waals surface area contributed by atoms with Crippen LogP contribution in [0, 0.1) is 17.8 Å². The summed E-state index contributed by atoms with van der Waals surface area (Å²) in [5, 5.41) is 0. The SMILES string of the molecule is CC1=C[C@@H]2C(=C(C)C)C(=O)C[C@@H](C)[C@@H]2CC1. The Bertz CT molecular complexity index is 369. The molecule has 0 radical (unpaired) electrons. The zero-order valence-corrected chi connectivity index (χ0v) is 10.8. The maximum Gasteiger partial charge on any atom is 0.159 e. The van der Waals surface area contributed by atoms with Gasteiger partial charge in [-0.3, -0.25) is 4.79 Å². The highest BCUT2D eigenvalue weighted by atomic mass is 16.1. The highest BCUT2D eigenvalue weighted by molar-refractivity contribution is 5.98. The molecule has 0 heterocycles. The Kier molecular flexibility index (Phi) is 3.05. The summed E-state index contributed by atoms with van der Waals surface area (Å²) < 4.78 is 0. The van der Waals surface area contributed by atoms with Gasteiger partial charge in [0.15, 0.2) is 5.78 Å². The molecule has 0 aromatic heterocycles. The van der Waals surface area contributed by atoms with E-state index in [-0.39, 0.29) is 0 Å². The Balaban J connectivity index is 2.43. The summed E-state index contributed by atoms with van der Waals surface area (Å²) in [4.78, 5) is 12.1. The van der Waals surface area contributed by atoms with Gasteiger partial charge >= 0.3 is 0 Å². The molecule has 2 aliphatic rings. The minimum absolute atomic E-state index is 0.389. The molecular formula is C15H22O. The summed E-state index contributed by atoms with van der Waals surface area (Å²) in [5.74, 6) is 2.06. The van der Waals surface area contributed by atoms with Crippen molar-refractivity contribution < 1.29 is 4.79 Å². The van der Waals surface area contributed by atoms with Crippen molar-refractivity contribution in [2.24, 2.45) is 17.8 Å². The maximum atomic E-state index is 12.1. The predicted octanol–water partition coefficient (Wildman–Crippen LogP) is 3.90. The van der Waals surface area contributed by atoms with Crippen molar-refractivity contribution in [1.82, 2.24) is 0 Å². The molecule has 2 rings (SSSR count). The Morgan fingerprint density at radius 2 is 2.06 bits per heavy atom. The van der Waals surface area contributed by atoms with Crippen LogP contribution >= 0.6 is 0 Å². The molecule has 0 aromatic carbocycles. The standard InChI is InChI=1S/C15H22O/c1-9(2)15-13-7-10(3)5-6-12(13)11(4)8-14(15)16/h7,11-13H,5-6,8H2,1-4H3/t11-,12+,13+/m1/s1. The Morgan fingerprint density at radius 1 is 1.38 bits per heavy atom. The normalized spacial score (nSPS) is 34.5. The van der Waals surface area contributed by atoms with Crippen LogP contribution in [0.15, 0.2) is 22.8 Å². The number of carbonyl (C=O) groups is 1. The molecule has 2 aliphatic carbocycles. The Hall–Kier alpha value is -0.850. The first-order chi connectivity index (χ1) is 7.50. The van der Waals surface area contributed by atoms with Crippen molar-refractivity contribution in [3.8, 4) is 0 Å². The predicted molar refractivity (Wildman–Crippen MR) is 67.1 cm³/mol. The summed E-state index contributed by atoms with van der Waals surface area (Å²) in [6.07, 6.45) is 5.59. The zero-order chi connectivity index (χ0) is 11.9. The van der Waals surface area contributed by atoms with Crippen LogP contribution in [0.25, 0.3) is 0 Å². The van der Waals surface area contributed by atoms with Gasteiger partial charge < -0.3 is 0 Å². The van der Waals surface area contributed by atoms with Crippen LogP contribution in [0.1, 0.15) is 47.0 Å². The van der Waals surface area contributed by atoms with E-state index in [1.54, 1.807) is 0 Å². The van der Waals surface area contributed by atoms with Gasteiger partial charge in [0.25, 0.3) is 0 Å². The molecule has 0 unspecified atom stereocenters. The van der Waals surface area contributed by atoms with E-state index < -0.39 is 0 Å². The van der Waals surface area contributed by atoms with Gasteiger partial charge in [0.2, 0.25) is 0 Å². The average molecular weight is 218 g/mol. The van der Waals surface area contributed by atoms with E-state index in [2.05, 4.69) is 33.8 Å². The van der Waals surface area contributed by atoms with E-state index in [4.69, 9.17) is 0 Å². The van der Waals surface area contributed by atoms with Gasteiger partial charge in [-0.2, -0.15) is 0 Å². The molecule has 16 heavy (non-hydrogen) atoms. The monoisotopic (exact) mass is 218 g/mol. The zero-order valence-electron chi connectivity index (χ0n) is 10.8. The van der Waals surface area contributed by atoms with E-state index in [1.165, 1.54) is 24.0 Å². The van der Waals surface area contributed by atoms with Crippen molar-refractivity contribution in [2.45, 2.75) is 47.0 Å². The molecule has 0 aliphatic heterocycles. The maximum absolute atomic E-state index is 12.1. The number of rotatable bonds is 0. The molecule has 3 atom stereocenters. The van der Waals surface area contributed by atoms with Gasteiger partial charge in [-0.25, -0.2) is 0 Å². The Morgan fingerprint density at radius 3 is 2.69 bits per heavy atom. The first-order valence-electron chi connectivity index (χ1n) is 6.38. The molecule has 0 N–H and O–H groups in total. The number of hydrogen-bond acceptors (Lipinski definition) is 1. The topological polar surface area (TPSA) is 17.1 Å². The first kappa shape index (κ1) is 11.6. The minimum atomic E-state index is 0.389. The largest absolute Gasteiger partial charge is 0.295 e. The number of hydrogen-bond donors (Lipinski definition) is 0. The number of ketones is 1. The van der Waals surface area contributed by atoms with E-state index in [0.29, 0.717) is 23.5 Å². The minimum Gasteiger partial charge on any atom is -0.295 e. The van der Waals surface area contributed by atoms with Gasteiger partial charge in [0, 0.05) is 17.9 Å². The van der Waals surface area contributed by atoms with Crippen LogP contribution in [0.3, 0.4) is 0 Å². The summed E-state index contributed by atoms with van der Waals surface area (Å²) in [6.45, 7) is 8.60. The third kappa shape index (κ3) is 1.88. The second kappa shape index (κ2) is 4.20. The molecular weight excluding hydrogens is 196 g/mol. The van der Waals surface area contributed by atoms with Crippen LogP contribution < -0.4 is 0 Å². The van der Waals surface area contributed by atoms with Crippen LogP contribution in [0.2, 0.25) is 0 Å². The fourth-order valence-electron chi connectivity index (χ4n) is 3.38.